The number of rotatable bonds is 9. The first kappa shape index (κ1) is 15.2. The van der Waals surface area contributed by atoms with E-state index in [0.717, 1.165) is 19.6 Å². The van der Waals surface area contributed by atoms with Crippen LogP contribution in [0.1, 0.15) is 6.42 Å². The molecule has 0 aromatic carbocycles. The molecule has 1 rings (SSSR count). The van der Waals surface area contributed by atoms with E-state index in [0.29, 0.717) is 13.4 Å². The third kappa shape index (κ3) is 7.47. The average Bonchev–Trinajstić information content (AvgIpc) is 2.67. The molecular weight excluding hydrogens is 248 g/mol. The van der Waals surface area contributed by atoms with Crippen molar-refractivity contribution in [1.29, 1.82) is 0 Å². The van der Waals surface area contributed by atoms with Gasteiger partial charge in [0.2, 0.25) is 0 Å². The highest BCUT2D eigenvalue weighted by atomic mass is 28.3. The highest BCUT2D eigenvalue weighted by molar-refractivity contribution is 6.76. The van der Waals surface area contributed by atoms with Gasteiger partial charge in [0.1, 0.15) is 6.79 Å². The molecule has 0 radical (unpaired) electrons. The fraction of sp³-hybridized carbons (Fsp3) is 0.750. The molecule has 0 saturated heterocycles. The Morgan fingerprint density at radius 3 is 2.61 bits per heavy atom. The zero-order valence-corrected chi connectivity index (χ0v) is 12.6. The van der Waals surface area contributed by atoms with Crippen molar-refractivity contribution in [2.45, 2.75) is 38.7 Å². The summed E-state index contributed by atoms with van der Waals surface area (Å²) in [5, 5.41) is 13.1. The van der Waals surface area contributed by atoms with Gasteiger partial charge in [0, 0.05) is 21.2 Å². The van der Waals surface area contributed by atoms with Crippen LogP contribution in [0, 0.1) is 0 Å². The van der Waals surface area contributed by atoms with E-state index in [2.05, 4.69) is 24.7 Å². The average molecular weight is 272 g/mol. The molecule has 1 aromatic heterocycles. The predicted octanol–water partition coefficient (Wildman–Crippen LogP) is 2.31. The van der Waals surface area contributed by atoms with Gasteiger partial charge in [-0.3, -0.25) is 4.68 Å². The summed E-state index contributed by atoms with van der Waals surface area (Å²) < 4.78 is 12.5. The second-order valence-corrected chi connectivity index (χ2v) is 11.2. The molecule has 1 heterocycles. The minimum Gasteiger partial charge on any atom is -0.505 e. The maximum absolute atomic E-state index is 9.09. The fourth-order valence-corrected chi connectivity index (χ4v) is 2.12. The first-order chi connectivity index (χ1) is 8.47. The Morgan fingerprint density at radius 2 is 2.00 bits per heavy atom. The first-order valence-corrected chi connectivity index (χ1v) is 10.0. The molecule has 1 N–H and O–H groups in total. The van der Waals surface area contributed by atoms with Gasteiger partial charge in [-0.05, 0) is 12.5 Å². The van der Waals surface area contributed by atoms with Crippen molar-refractivity contribution in [1.82, 2.24) is 9.78 Å². The molecule has 0 bridgehead atoms. The van der Waals surface area contributed by atoms with Crippen LogP contribution in [0.3, 0.4) is 0 Å². The molecule has 18 heavy (non-hydrogen) atoms. The number of aromatic hydroxyl groups is 1. The van der Waals surface area contributed by atoms with Crippen LogP contribution in [-0.4, -0.2) is 43.0 Å². The lowest BCUT2D eigenvalue weighted by Crippen LogP contribution is -2.22. The van der Waals surface area contributed by atoms with Crippen LogP contribution in [0.5, 0.6) is 5.75 Å². The molecule has 104 valence electrons. The lowest BCUT2D eigenvalue weighted by atomic mass is 10.4. The minimum absolute atomic E-state index is 0.200. The van der Waals surface area contributed by atoms with Crippen molar-refractivity contribution < 1.29 is 14.6 Å². The maximum Gasteiger partial charge on any atom is 0.153 e. The quantitative estimate of drug-likeness (QED) is 0.426. The Bertz CT molecular complexity index is 336. The molecule has 0 saturated carbocycles. The topological polar surface area (TPSA) is 56.5 Å². The number of hydrogen-bond acceptors (Lipinski definition) is 4. The van der Waals surface area contributed by atoms with E-state index < -0.39 is 8.07 Å². The Hall–Kier alpha value is -0.853. The molecule has 0 atom stereocenters. The molecule has 6 heteroatoms. The van der Waals surface area contributed by atoms with Crippen LogP contribution < -0.4 is 0 Å². The molecule has 5 nitrogen and oxygen atoms in total. The van der Waals surface area contributed by atoms with Gasteiger partial charge >= 0.3 is 0 Å². The third-order valence-electron chi connectivity index (χ3n) is 2.46. The van der Waals surface area contributed by atoms with Crippen molar-refractivity contribution in [3.8, 4) is 5.75 Å². The molecule has 0 aliphatic carbocycles. The normalized spacial score (nSPS) is 11.9. The molecule has 0 unspecified atom stereocenters. The second-order valence-electron chi connectivity index (χ2n) is 5.56. The van der Waals surface area contributed by atoms with Gasteiger partial charge in [-0.2, -0.15) is 5.10 Å². The van der Waals surface area contributed by atoms with Crippen molar-refractivity contribution >= 4 is 8.07 Å². The summed E-state index contributed by atoms with van der Waals surface area (Å²) in [6.07, 6.45) is 3.89. The fourth-order valence-electron chi connectivity index (χ4n) is 1.36. The van der Waals surface area contributed by atoms with Crippen molar-refractivity contribution in [3.63, 3.8) is 0 Å². The third-order valence-corrected chi connectivity index (χ3v) is 4.16. The van der Waals surface area contributed by atoms with Gasteiger partial charge in [0.05, 0.1) is 19.0 Å². The Balaban J connectivity index is 1.90. The standard InChI is InChI=1S/C12H24N2O3Si/c1-18(2,3)8-7-17-11-16-6-4-5-14-10-12(15)9-13-14/h9-10,15H,4-8,11H2,1-3H3. The summed E-state index contributed by atoms with van der Waals surface area (Å²) in [6, 6.07) is 1.17. The first-order valence-electron chi connectivity index (χ1n) is 6.34. The van der Waals surface area contributed by atoms with Crippen LogP contribution in [0.15, 0.2) is 12.4 Å². The SMILES string of the molecule is C[Si](C)(C)CCOCOCCCn1cc(O)cn1. The van der Waals surface area contributed by atoms with Gasteiger partial charge in [-0.25, -0.2) is 0 Å². The number of aryl methyl sites for hydroxylation is 1. The van der Waals surface area contributed by atoms with Crippen LogP contribution in [-0.2, 0) is 16.0 Å². The number of ether oxygens (including phenoxy) is 2. The zero-order chi connectivity index (χ0) is 13.4. The van der Waals surface area contributed by atoms with Crippen molar-refractivity contribution in [2.24, 2.45) is 0 Å². The lowest BCUT2D eigenvalue weighted by Gasteiger charge is -2.15. The smallest absolute Gasteiger partial charge is 0.153 e. The minimum atomic E-state index is -0.990. The molecule has 0 aliphatic heterocycles. The van der Waals surface area contributed by atoms with E-state index in [1.165, 1.54) is 12.2 Å². The molecule has 0 spiro atoms. The van der Waals surface area contributed by atoms with Crippen LogP contribution in [0.2, 0.25) is 25.7 Å². The highest BCUT2D eigenvalue weighted by Crippen LogP contribution is 2.07. The predicted molar refractivity (Wildman–Crippen MR) is 73.4 cm³/mol. The Labute approximate surface area is 110 Å². The van der Waals surface area contributed by atoms with Crippen LogP contribution in [0.4, 0.5) is 0 Å². The monoisotopic (exact) mass is 272 g/mol. The molecule has 0 amide bonds. The summed E-state index contributed by atoms with van der Waals surface area (Å²) in [5.74, 6) is 0.200. The van der Waals surface area contributed by atoms with Crippen molar-refractivity contribution in [2.75, 3.05) is 20.0 Å². The Morgan fingerprint density at radius 1 is 1.28 bits per heavy atom. The summed E-state index contributed by atoms with van der Waals surface area (Å²) >= 11 is 0. The lowest BCUT2D eigenvalue weighted by molar-refractivity contribution is -0.0508. The molecular formula is C12H24N2O3Si. The molecule has 1 aromatic rings. The van der Waals surface area contributed by atoms with E-state index in [1.54, 1.807) is 10.9 Å². The summed E-state index contributed by atoms with van der Waals surface area (Å²) in [5.41, 5.74) is 0. The summed E-state index contributed by atoms with van der Waals surface area (Å²) in [7, 11) is -0.990. The van der Waals surface area contributed by atoms with E-state index in [4.69, 9.17) is 14.6 Å². The van der Waals surface area contributed by atoms with Crippen LogP contribution >= 0.6 is 0 Å². The molecule has 0 aliphatic rings. The zero-order valence-electron chi connectivity index (χ0n) is 11.6. The van der Waals surface area contributed by atoms with E-state index in [1.807, 2.05) is 0 Å². The van der Waals surface area contributed by atoms with Gasteiger partial charge in [-0.1, -0.05) is 19.6 Å². The second kappa shape index (κ2) is 7.55. The van der Waals surface area contributed by atoms with Gasteiger partial charge in [0.25, 0.3) is 0 Å². The van der Waals surface area contributed by atoms with Crippen LogP contribution in [0.25, 0.3) is 0 Å². The van der Waals surface area contributed by atoms with E-state index in [9.17, 15) is 0 Å². The Kier molecular flexibility index (Phi) is 6.38. The highest BCUT2D eigenvalue weighted by Gasteiger charge is 2.11. The number of nitrogens with zero attached hydrogens (tertiary/aromatic N) is 2. The van der Waals surface area contributed by atoms with E-state index >= 15 is 0 Å². The van der Waals surface area contributed by atoms with E-state index in [-0.39, 0.29) is 5.75 Å². The van der Waals surface area contributed by atoms with Gasteiger partial charge in [-0.15, -0.1) is 0 Å². The van der Waals surface area contributed by atoms with Gasteiger partial charge < -0.3 is 14.6 Å². The number of hydrogen-bond donors (Lipinski definition) is 1. The summed E-state index contributed by atoms with van der Waals surface area (Å²) in [4.78, 5) is 0. The summed E-state index contributed by atoms with van der Waals surface area (Å²) in [6.45, 7) is 9.55. The maximum atomic E-state index is 9.09. The van der Waals surface area contributed by atoms with Crippen molar-refractivity contribution in [3.05, 3.63) is 12.4 Å². The number of aromatic nitrogens is 2. The molecule has 0 fully saturated rings. The van der Waals surface area contributed by atoms with Gasteiger partial charge in [0.15, 0.2) is 5.75 Å². The largest absolute Gasteiger partial charge is 0.505 e.